The third-order valence-electron chi connectivity index (χ3n) is 6.47. The van der Waals surface area contributed by atoms with Gasteiger partial charge in [-0.15, -0.1) is 0 Å². The van der Waals surface area contributed by atoms with Crippen molar-refractivity contribution < 1.29 is 19.1 Å². The maximum atomic E-state index is 11.0. The van der Waals surface area contributed by atoms with Crippen LogP contribution in [0.1, 0.15) is 94.9 Å². The van der Waals surface area contributed by atoms with Crippen molar-refractivity contribution in [2.24, 2.45) is 0 Å². The summed E-state index contributed by atoms with van der Waals surface area (Å²) in [6, 6.07) is 31.0. The maximum Gasteiger partial charge on any atom is 0.159 e. The van der Waals surface area contributed by atoms with E-state index in [2.05, 4.69) is 32.6 Å². The fourth-order valence-corrected chi connectivity index (χ4v) is 3.77. The molecule has 0 aliphatic rings. The van der Waals surface area contributed by atoms with Crippen molar-refractivity contribution in [1.82, 2.24) is 0 Å². The molecule has 43 heavy (non-hydrogen) atoms. The molecular weight excluding hydrogens is 532 g/mol. The average molecular weight is 579 g/mol. The minimum atomic E-state index is 0.0955. The Morgan fingerprint density at radius 1 is 0.581 bits per heavy atom. The van der Waals surface area contributed by atoms with Crippen molar-refractivity contribution in [2.75, 3.05) is 7.11 Å². The molecule has 0 unspecified atom stereocenters. The number of benzene rings is 4. The summed E-state index contributed by atoms with van der Waals surface area (Å²) in [4.78, 5) is 32.7. The number of carbonyl (C=O) groups excluding carboxylic acids is 3. The van der Waals surface area contributed by atoms with Gasteiger partial charge in [-0.3, -0.25) is 14.4 Å². The van der Waals surface area contributed by atoms with E-state index in [1.54, 1.807) is 27.9 Å². The van der Waals surface area contributed by atoms with E-state index in [1.165, 1.54) is 11.1 Å². The van der Waals surface area contributed by atoms with Gasteiger partial charge in [0, 0.05) is 16.7 Å². The predicted octanol–water partition coefficient (Wildman–Crippen LogP) is 9.83. The molecule has 4 aromatic rings. The largest absolute Gasteiger partial charge is 0.497 e. The molecule has 0 saturated carbocycles. The lowest BCUT2D eigenvalue weighted by molar-refractivity contribution is 0.100. The first-order valence-corrected chi connectivity index (χ1v) is 14.5. The van der Waals surface area contributed by atoms with Gasteiger partial charge >= 0.3 is 0 Å². The van der Waals surface area contributed by atoms with Crippen molar-refractivity contribution in [2.45, 2.75) is 61.3 Å². The molecule has 0 atom stereocenters. The number of ether oxygens (including phenoxy) is 1. The van der Waals surface area contributed by atoms with Crippen LogP contribution in [0.2, 0.25) is 0 Å². The van der Waals surface area contributed by atoms with Crippen molar-refractivity contribution in [1.29, 1.82) is 0 Å². The van der Waals surface area contributed by atoms with E-state index in [4.69, 9.17) is 4.74 Å². The van der Waals surface area contributed by atoms with Crippen LogP contribution >= 0.6 is 0 Å². The van der Waals surface area contributed by atoms with Crippen molar-refractivity contribution in [3.63, 3.8) is 0 Å². The van der Waals surface area contributed by atoms with E-state index in [0.717, 1.165) is 52.0 Å². The Labute approximate surface area is 258 Å². The molecule has 0 amide bonds. The molecular formula is C39H46O4. The van der Waals surface area contributed by atoms with E-state index >= 15 is 0 Å². The van der Waals surface area contributed by atoms with Gasteiger partial charge < -0.3 is 4.74 Å². The first-order chi connectivity index (χ1) is 20.4. The molecule has 0 heterocycles. The van der Waals surface area contributed by atoms with E-state index in [9.17, 15) is 14.4 Å². The summed E-state index contributed by atoms with van der Waals surface area (Å²) in [5.74, 6) is 1.31. The van der Waals surface area contributed by atoms with Crippen LogP contribution in [0.5, 0.6) is 5.75 Å². The second-order valence-electron chi connectivity index (χ2n) is 10.2. The molecule has 0 aromatic heterocycles. The lowest BCUT2D eigenvalue weighted by Gasteiger charge is -2.00. The molecule has 0 N–H and O–H groups in total. The van der Waals surface area contributed by atoms with Gasteiger partial charge in [0.25, 0.3) is 0 Å². The highest BCUT2D eigenvalue weighted by Gasteiger charge is 2.00. The predicted molar refractivity (Wildman–Crippen MR) is 181 cm³/mol. The summed E-state index contributed by atoms with van der Waals surface area (Å²) in [7, 11) is 1.69. The summed E-state index contributed by atoms with van der Waals surface area (Å²) >= 11 is 0. The third kappa shape index (κ3) is 14.2. The number of allylic oxidation sites excluding steroid dienone is 1. The molecule has 0 aliphatic heterocycles. The summed E-state index contributed by atoms with van der Waals surface area (Å²) < 4.78 is 5.06. The second kappa shape index (κ2) is 19.5. The average Bonchev–Trinajstić information content (AvgIpc) is 3.02. The Hall–Kier alpha value is -4.57. The Balaban J connectivity index is 0.000000287. The number of carbonyl (C=O) groups is 3. The number of aryl methyl sites for hydroxylation is 3. The summed E-state index contributed by atoms with van der Waals surface area (Å²) in [6.07, 6.45) is 2.05. The smallest absolute Gasteiger partial charge is 0.159 e. The summed E-state index contributed by atoms with van der Waals surface area (Å²) in [5.41, 5.74) is 8.03. The van der Waals surface area contributed by atoms with Crippen LogP contribution in [0.3, 0.4) is 0 Å². The van der Waals surface area contributed by atoms with Gasteiger partial charge in [-0.1, -0.05) is 98.3 Å². The molecule has 4 rings (SSSR count). The highest BCUT2D eigenvalue weighted by molar-refractivity contribution is 5.95. The van der Waals surface area contributed by atoms with Gasteiger partial charge in [0.05, 0.1) is 7.11 Å². The topological polar surface area (TPSA) is 60.4 Å². The van der Waals surface area contributed by atoms with Gasteiger partial charge in [0.1, 0.15) is 5.75 Å². The maximum absolute atomic E-state index is 11.0. The van der Waals surface area contributed by atoms with E-state index < -0.39 is 0 Å². The Bertz CT molecular complexity index is 1450. The number of methoxy groups -OCH3 is 1. The molecule has 226 valence electrons. The molecule has 4 nitrogen and oxygen atoms in total. The van der Waals surface area contributed by atoms with Gasteiger partial charge in [0.2, 0.25) is 0 Å². The molecule has 0 aliphatic carbocycles. The molecule has 0 saturated heterocycles. The lowest BCUT2D eigenvalue weighted by atomic mass is 10.0. The Kier molecular flexibility index (Phi) is 16.6. The Morgan fingerprint density at radius 2 is 1.00 bits per heavy atom. The highest BCUT2D eigenvalue weighted by Crippen LogP contribution is 2.14. The van der Waals surface area contributed by atoms with Crippen LogP contribution in [0.15, 0.2) is 104 Å². The van der Waals surface area contributed by atoms with E-state index in [-0.39, 0.29) is 17.3 Å². The minimum absolute atomic E-state index is 0.0955. The number of ketones is 3. The molecule has 0 radical (unpaired) electrons. The zero-order valence-electron chi connectivity index (χ0n) is 27.0. The lowest BCUT2D eigenvalue weighted by Crippen LogP contribution is -1.92. The number of hydrogen-bond acceptors (Lipinski definition) is 4. The first kappa shape index (κ1) is 36.5. The van der Waals surface area contributed by atoms with Gasteiger partial charge in [-0.05, 0) is 94.5 Å². The monoisotopic (exact) mass is 578 g/mol. The van der Waals surface area contributed by atoms with E-state index in [0.29, 0.717) is 0 Å². The fourth-order valence-electron chi connectivity index (χ4n) is 3.77. The van der Waals surface area contributed by atoms with Crippen LogP contribution in [0.25, 0.3) is 5.57 Å². The van der Waals surface area contributed by atoms with E-state index in [1.807, 2.05) is 98.8 Å². The molecule has 4 aromatic carbocycles. The molecule has 0 bridgehead atoms. The van der Waals surface area contributed by atoms with Gasteiger partial charge in [-0.2, -0.15) is 0 Å². The molecule has 4 heteroatoms. The summed E-state index contributed by atoms with van der Waals surface area (Å²) in [5, 5.41) is 0. The normalized spacial score (nSPS) is 9.49. The Morgan fingerprint density at radius 3 is 1.44 bits per heavy atom. The zero-order chi connectivity index (χ0) is 32.4. The van der Waals surface area contributed by atoms with Crippen LogP contribution in [-0.2, 0) is 12.8 Å². The fraction of sp³-hybridized carbons (Fsp3) is 0.256. The van der Waals surface area contributed by atoms with Crippen LogP contribution < -0.4 is 4.74 Å². The van der Waals surface area contributed by atoms with Crippen LogP contribution in [0.4, 0.5) is 0 Å². The zero-order valence-corrected chi connectivity index (χ0v) is 27.0. The number of hydrogen-bond donors (Lipinski definition) is 0. The minimum Gasteiger partial charge on any atom is -0.497 e. The second-order valence-corrected chi connectivity index (χ2v) is 10.2. The highest BCUT2D eigenvalue weighted by atomic mass is 16.5. The van der Waals surface area contributed by atoms with Crippen LogP contribution in [-0.4, -0.2) is 24.5 Å². The third-order valence-corrected chi connectivity index (χ3v) is 6.47. The molecule has 0 spiro atoms. The quantitative estimate of drug-likeness (QED) is 0.205. The van der Waals surface area contributed by atoms with Crippen LogP contribution in [0, 0.1) is 6.92 Å². The number of Topliss-reactive ketones (excluding diaryl/α,β-unsaturated/α-hetero) is 3. The van der Waals surface area contributed by atoms with Crippen molar-refractivity contribution >= 4 is 22.9 Å². The SMILES string of the molecule is C=C(C)c1cccc(C(C)=O)c1.CC(=O)c1cccc(C)c1.CCc1cccc(C(C)=O)c1.CCc1cccc(OC)c1. The summed E-state index contributed by atoms with van der Waals surface area (Å²) in [6.45, 7) is 16.7. The van der Waals surface area contributed by atoms with Crippen molar-refractivity contribution in [3.8, 4) is 5.75 Å². The first-order valence-electron chi connectivity index (χ1n) is 14.5. The van der Waals surface area contributed by atoms with Gasteiger partial charge in [-0.25, -0.2) is 0 Å². The standard InChI is InChI=1S/C11H12O.C10H12O.C9H10O.C9H12O/c1-8(2)10-5-4-6-11(7-10)9(3)12;1-3-9-5-4-6-10(7-9)8(2)11;1-7-4-3-5-9(6-7)8(2)10;1-3-8-5-4-6-9(7-8)10-2/h4-7H,1H2,2-3H3;4-7H,3H2,1-2H3;3-6H,1-2H3;4-7H,3H2,1-2H3. The number of rotatable bonds is 7. The molecule has 0 fully saturated rings. The van der Waals surface area contributed by atoms with Gasteiger partial charge in [0.15, 0.2) is 17.3 Å². The van der Waals surface area contributed by atoms with Crippen molar-refractivity contribution in [3.05, 3.63) is 143 Å².